The molecule has 6 nitrogen and oxygen atoms in total. The second-order valence-electron chi connectivity index (χ2n) is 6.53. The van der Waals surface area contributed by atoms with Gasteiger partial charge in [0, 0.05) is 10.4 Å². The smallest absolute Gasteiger partial charge is 0.296 e. The summed E-state index contributed by atoms with van der Waals surface area (Å²) in [5.41, 5.74) is 1.44. The second kappa shape index (κ2) is 7.46. The number of anilines is 1. The van der Waals surface area contributed by atoms with Crippen LogP contribution in [0.15, 0.2) is 53.1 Å². The number of amides is 1. The van der Waals surface area contributed by atoms with Gasteiger partial charge in [-0.05, 0) is 31.4 Å². The molecule has 8 heteroatoms. The number of aliphatic hydroxyl groups is 1. The van der Waals surface area contributed by atoms with Crippen molar-refractivity contribution in [3.63, 3.8) is 0 Å². The van der Waals surface area contributed by atoms with Gasteiger partial charge in [0.2, 0.25) is 5.78 Å². The van der Waals surface area contributed by atoms with Gasteiger partial charge >= 0.3 is 0 Å². The standard InChI is InChI=1S/C21H18N2O4S2/c1-11-12(2)29-21(22-11)23-17(13-7-4-5-8-14(13)27-3)16(19(25)20(23)26)18(24)15-9-6-10-28-15/h4-10,17,25H,1-3H3/t17-/m1/s1. The third-order valence-corrected chi connectivity index (χ3v) is 6.80. The number of thiophene rings is 1. The van der Waals surface area contributed by atoms with Crippen LogP contribution >= 0.6 is 22.7 Å². The molecule has 0 spiro atoms. The molecule has 0 saturated heterocycles. The first-order valence-electron chi connectivity index (χ1n) is 8.85. The molecule has 2 aromatic heterocycles. The molecule has 1 N–H and O–H groups in total. The number of rotatable bonds is 5. The Bertz CT molecular complexity index is 1110. The third kappa shape index (κ3) is 3.14. The molecular weight excluding hydrogens is 408 g/mol. The van der Waals surface area contributed by atoms with Crippen LogP contribution in [-0.4, -0.2) is 28.9 Å². The van der Waals surface area contributed by atoms with Crippen molar-refractivity contribution in [2.24, 2.45) is 0 Å². The summed E-state index contributed by atoms with van der Waals surface area (Å²) in [6, 6.07) is 9.77. The summed E-state index contributed by atoms with van der Waals surface area (Å²) in [4.78, 5) is 33.6. The zero-order valence-electron chi connectivity index (χ0n) is 16.0. The quantitative estimate of drug-likeness (QED) is 0.603. The number of hydrogen-bond donors (Lipinski definition) is 1. The topological polar surface area (TPSA) is 79.7 Å². The Labute approximate surface area is 175 Å². The highest BCUT2D eigenvalue weighted by molar-refractivity contribution is 7.16. The van der Waals surface area contributed by atoms with E-state index in [1.54, 1.807) is 29.6 Å². The molecule has 0 saturated carbocycles. The number of methoxy groups -OCH3 is 1. The van der Waals surface area contributed by atoms with Crippen molar-refractivity contribution in [1.82, 2.24) is 4.98 Å². The summed E-state index contributed by atoms with van der Waals surface area (Å²) in [6.07, 6.45) is 0. The summed E-state index contributed by atoms with van der Waals surface area (Å²) in [5.74, 6) is -1.06. The first-order chi connectivity index (χ1) is 13.9. The number of thiazole rings is 1. The normalized spacial score (nSPS) is 16.6. The van der Waals surface area contributed by atoms with Gasteiger partial charge in [0.15, 0.2) is 10.9 Å². The molecule has 1 aliphatic rings. The number of nitrogens with zero attached hydrogens (tertiary/aromatic N) is 2. The largest absolute Gasteiger partial charge is 0.503 e. The maximum absolute atomic E-state index is 13.3. The molecule has 0 aliphatic carbocycles. The summed E-state index contributed by atoms with van der Waals surface area (Å²) < 4.78 is 5.49. The van der Waals surface area contributed by atoms with E-state index in [4.69, 9.17) is 4.74 Å². The Balaban J connectivity index is 1.93. The van der Waals surface area contributed by atoms with E-state index in [9.17, 15) is 14.7 Å². The van der Waals surface area contributed by atoms with Gasteiger partial charge in [0.1, 0.15) is 11.8 Å². The zero-order valence-corrected chi connectivity index (χ0v) is 17.6. The fraction of sp³-hybridized carbons (Fsp3) is 0.190. The number of aryl methyl sites for hydroxylation is 2. The molecule has 0 unspecified atom stereocenters. The van der Waals surface area contributed by atoms with Gasteiger partial charge in [-0.3, -0.25) is 14.5 Å². The summed E-state index contributed by atoms with van der Waals surface area (Å²) in [7, 11) is 1.53. The van der Waals surface area contributed by atoms with Crippen molar-refractivity contribution in [2.75, 3.05) is 12.0 Å². The van der Waals surface area contributed by atoms with E-state index in [0.717, 1.165) is 10.6 Å². The van der Waals surface area contributed by atoms with Gasteiger partial charge < -0.3 is 9.84 Å². The highest BCUT2D eigenvalue weighted by Crippen LogP contribution is 2.46. The van der Waals surface area contributed by atoms with E-state index < -0.39 is 17.7 Å². The molecule has 1 amide bonds. The first-order valence-corrected chi connectivity index (χ1v) is 10.6. The van der Waals surface area contributed by atoms with Crippen LogP contribution in [0.2, 0.25) is 0 Å². The van der Waals surface area contributed by atoms with Gasteiger partial charge in [0.25, 0.3) is 5.91 Å². The lowest BCUT2D eigenvalue weighted by atomic mass is 9.95. The van der Waals surface area contributed by atoms with E-state index in [-0.39, 0.29) is 11.4 Å². The molecule has 1 aliphatic heterocycles. The molecule has 1 aromatic carbocycles. The number of ether oxygens (including phenoxy) is 1. The molecule has 0 bridgehead atoms. The summed E-state index contributed by atoms with van der Waals surface area (Å²) in [6.45, 7) is 3.78. The number of ketones is 1. The average Bonchev–Trinajstić information content (AvgIpc) is 3.42. The number of aromatic nitrogens is 1. The maximum Gasteiger partial charge on any atom is 0.296 e. The van der Waals surface area contributed by atoms with E-state index in [2.05, 4.69) is 4.98 Å². The van der Waals surface area contributed by atoms with Crippen molar-refractivity contribution in [3.8, 4) is 5.75 Å². The van der Waals surface area contributed by atoms with Gasteiger partial charge in [-0.1, -0.05) is 24.3 Å². The Kier molecular flexibility index (Phi) is 4.97. The van der Waals surface area contributed by atoms with Crippen LogP contribution in [0, 0.1) is 13.8 Å². The Hall–Kier alpha value is -2.97. The first kappa shape index (κ1) is 19.4. The minimum atomic E-state index is -0.835. The predicted octanol–water partition coefficient (Wildman–Crippen LogP) is 4.61. The van der Waals surface area contributed by atoms with Crippen molar-refractivity contribution in [3.05, 3.63) is 74.1 Å². The minimum Gasteiger partial charge on any atom is -0.503 e. The van der Waals surface area contributed by atoms with E-state index in [0.29, 0.717) is 21.3 Å². The van der Waals surface area contributed by atoms with Crippen LogP contribution in [0.1, 0.15) is 31.8 Å². The van der Waals surface area contributed by atoms with Crippen molar-refractivity contribution in [1.29, 1.82) is 0 Å². The molecule has 3 heterocycles. The van der Waals surface area contributed by atoms with Crippen molar-refractivity contribution >= 4 is 39.5 Å². The second-order valence-corrected chi connectivity index (χ2v) is 8.66. The van der Waals surface area contributed by atoms with Crippen LogP contribution in [0.3, 0.4) is 0 Å². The predicted molar refractivity (Wildman–Crippen MR) is 113 cm³/mol. The van der Waals surface area contributed by atoms with Crippen LogP contribution < -0.4 is 9.64 Å². The molecule has 0 radical (unpaired) electrons. The highest BCUT2D eigenvalue weighted by atomic mass is 32.1. The number of hydrogen-bond acceptors (Lipinski definition) is 7. The molecule has 29 heavy (non-hydrogen) atoms. The minimum absolute atomic E-state index is 0.0347. The molecule has 4 rings (SSSR count). The average molecular weight is 427 g/mol. The molecule has 0 fully saturated rings. The van der Waals surface area contributed by atoms with Crippen LogP contribution in [0.4, 0.5) is 5.13 Å². The number of carbonyl (C=O) groups is 2. The zero-order chi connectivity index (χ0) is 20.7. The number of para-hydroxylation sites is 1. The van der Waals surface area contributed by atoms with Gasteiger partial charge in [0.05, 0.1) is 23.3 Å². The lowest BCUT2D eigenvalue weighted by molar-refractivity contribution is -0.117. The highest BCUT2D eigenvalue weighted by Gasteiger charge is 2.47. The number of carbonyl (C=O) groups excluding carboxylic acids is 2. The Morgan fingerprint density at radius 1 is 1.21 bits per heavy atom. The van der Waals surface area contributed by atoms with E-state index in [1.807, 2.05) is 26.0 Å². The van der Waals surface area contributed by atoms with Gasteiger partial charge in [-0.25, -0.2) is 4.98 Å². The number of aliphatic hydroxyl groups excluding tert-OH is 1. The lowest BCUT2D eigenvalue weighted by Crippen LogP contribution is -2.31. The van der Waals surface area contributed by atoms with Crippen LogP contribution in [0.5, 0.6) is 5.75 Å². The third-order valence-electron chi connectivity index (χ3n) is 4.85. The number of Topliss-reactive ketones (excluding diaryl/α,β-unsaturated/α-hetero) is 1. The molecule has 1 atom stereocenters. The summed E-state index contributed by atoms with van der Waals surface area (Å²) >= 11 is 2.61. The van der Waals surface area contributed by atoms with Gasteiger partial charge in [-0.15, -0.1) is 22.7 Å². The Morgan fingerprint density at radius 3 is 2.59 bits per heavy atom. The SMILES string of the molecule is COc1ccccc1[C@@H]1C(C(=O)c2cccs2)=C(O)C(=O)N1c1nc(C)c(C)s1. The number of benzene rings is 1. The van der Waals surface area contributed by atoms with Gasteiger partial charge in [-0.2, -0.15) is 0 Å². The molecule has 3 aromatic rings. The van der Waals surface area contributed by atoms with Crippen LogP contribution in [-0.2, 0) is 4.79 Å². The van der Waals surface area contributed by atoms with Crippen molar-refractivity contribution < 1.29 is 19.4 Å². The maximum atomic E-state index is 13.3. The fourth-order valence-electron chi connectivity index (χ4n) is 3.32. The molecular formula is C21H18N2O4S2. The van der Waals surface area contributed by atoms with Crippen LogP contribution in [0.25, 0.3) is 0 Å². The monoisotopic (exact) mass is 426 g/mol. The summed E-state index contributed by atoms with van der Waals surface area (Å²) in [5, 5.41) is 13.0. The van der Waals surface area contributed by atoms with Crippen molar-refractivity contribution in [2.45, 2.75) is 19.9 Å². The fourth-order valence-corrected chi connectivity index (χ4v) is 4.93. The van der Waals surface area contributed by atoms with E-state index >= 15 is 0 Å². The molecule has 148 valence electrons. The Morgan fingerprint density at radius 2 is 1.97 bits per heavy atom. The lowest BCUT2D eigenvalue weighted by Gasteiger charge is -2.25. The van der Waals surface area contributed by atoms with E-state index in [1.165, 1.54) is 34.7 Å².